The lowest BCUT2D eigenvalue weighted by Gasteiger charge is -2.07. The molecule has 3 nitrogen and oxygen atoms in total. The molecule has 0 amide bonds. The molecule has 0 aliphatic carbocycles. The van der Waals surface area contributed by atoms with Crippen LogP contribution in [0.5, 0.6) is 0 Å². The third kappa shape index (κ3) is 1.55. The Balaban J connectivity index is 2.96. The normalized spacial score (nSPS) is 10.7. The van der Waals surface area contributed by atoms with Crippen molar-refractivity contribution in [1.82, 2.24) is 4.98 Å². The van der Waals surface area contributed by atoms with Crippen LogP contribution >= 0.6 is 15.9 Å². The van der Waals surface area contributed by atoms with Crippen LogP contribution in [-0.4, -0.2) is 4.98 Å². The van der Waals surface area contributed by atoms with E-state index < -0.39 is 11.6 Å². The second-order valence-electron chi connectivity index (χ2n) is 2.88. The lowest BCUT2D eigenvalue weighted by molar-refractivity contribution is 0.610. The van der Waals surface area contributed by atoms with Gasteiger partial charge in [0, 0.05) is 6.20 Å². The summed E-state index contributed by atoms with van der Waals surface area (Å²) >= 11 is 2.92. The van der Waals surface area contributed by atoms with Crippen LogP contribution < -0.4 is 11.3 Å². The number of nitrogen functional groups attached to an aromatic ring is 1. The molecule has 1 aromatic heterocycles. The van der Waals surface area contributed by atoms with Crippen molar-refractivity contribution >= 4 is 32.5 Å². The van der Waals surface area contributed by atoms with Crippen molar-refractivity contribution < 1.29 is 8.78 Å². The molecule has 0 saturated heterocycles. The second kappa shape index (κ2) is 3.71. The number of rotatable bonds is 1. The lowest BCUT2D eigenvalue weighted by Crippen LogP contribution is -2.08. The Labute approximate surface area is 92.4 Å². The van der Waals surface area contributed by atoms with Gasteiger partial charge in [0.2, 0.25) is 0 Å². The minimum absolute atomic E-state index is 0.0341. The fourth-order valence-corrected chi connectivity index (χ4v) is 1.75. The Morgan fingerprint density at radius 3 is 2.80 bits per heavy atom. The van der Waals surface area contributed by atoms with E-state index in [2.05, 4.69) is 26.3 Å². The molecule has 2 rings (SSSR count). The van der Waals surface area contributed by atoms with Crippen LogP contribution in [-0.2, 0) is 0 Å². The summed E-state index contributed by atoms with van der Waals surface area (Å²) in [5.41, 5.74) is 2.54. The van der Waals surface area contributed by atoms with Crippen molar-refractivity contribution in [3.63, 3.8) is 0 Å². The number of fused-ring (bicyclic) bond motifs is 1. The van der Waals surface area contributed by atoms with Gasteiger partial charge < -0.3 is 5.43 Å². The number of nitrogens with zero attached hydrogens (tertiary/aromatic N) is 1. The third-order valence-electron chi connectivity index (χ3n) is 2.02. The quantitative estimate of drug-likeness (QED) is 0.477. The number of hydrogen-bond acceptors (Lipinski definition) is 3. The molecule has 1 heterocycles. The minimum Gasteiger partial charge on any atom is -0.323 e. The smallest absolute Gasteiger partial charge is 0.150 e. The van der Waals surface area contributed by atoms with E-state index in [9.17, 15) is 8.78 Å². The van der Waals surface area contributed by atoms with Gasteiger partial charge in [0.25, 0.3) is 0 Å². The zero-order valence-electron chi connectivity index (χ0n) is 7.39. The highest BCUT2D eigenvalue weighted by molar-refractivity contribution is 9.10. The maximum atomic E-state index is 13.7. The highest BCUT2D eigenvalue weighted by Crippen LogP contribution is 2.30. The summed E-state index contributed by atoms with van der Waals surface area (Å²) in [7, 11) is 0. The second-order valence-corrected chi connectivity index (χ2v) is 3.73. The van der Waals surface area contributed by atoms with Gasteiger partial charge in [0.1, 0.15) is 11.3 Å². The van der Waals surface area contributed by atoms with E-state index in [4.69, 9.17) is 5.84 Å². The Hall–Kier alpha value is -1.27. The SMILES string of the molecule is NNc1ccnc2c(F)cc(Br)c(F)c12. The molecule has 78 valence electrons. The van der Waals surface area contributed by atoms with E-state index >= 15 is 0 Å². The van der Waals surface area contributed by atoms with Gasteiger partial charge in [-0.25, -0.2) is 8.78 Å². The molecule has 0 saturated carbocycles. The first-order chi connectivity index (χ1) is 7.15. The first kappa shape index (κ1) is 10.3. The predicted octanol–water partition coefficient (Wildman–Crippen LogP) is 2.56. The van der Waals surface area contributed by atoms with Gasteiger partial charge in [-0.05, 0) is 28.1 Å². The molecule has 0 spiro atoms. The van der Waals surface area contributed by atoms with Crippen molar-refractivity contribution in [2.45, 2.75) is 0 Å². The largest absolute Gasteiger partial charge is 0.323 e. The van der Waals surface area contributed by atoms with Gasteiger partial charge >= 0.3 is 0 Å². The van der Waals surface area contributed by atoms with Crippen molar-refractivity contribution in [3.8, 4) is 0 Å². The fourth-order valence-electron chi connectivity index (χ4n) is 1.35. The van der Waals surface area contributed by atoms with Crippen LogP contribution in [0.25, 0.3) is 10.9 Å². The summed E-state index contributed by atoms with van der Waals surface area (Å²) in [5.74, 6) is 4.01. The highest BCUT2D eigenvalue weighted by atomic mass is 79.9. The maximum Gasteiger partial charge on any atom is 0.150 e. The average Bonchev–Trinajstić information content (AvgIpc) is 2.25. The first-order valence-corrected chi connectivity index (χ1v) is 4.83. The zero-order chi connectivity index (χ0) is 11.0. The Morgan fingerprint density at radius 2 is 2.13 bits per heavy atom. The topological polar surface area (TPSA) is 50.9 Å². The molecule has 0 aliphatic rings. The summed E-state index contributed by atoms with van der Waals surface area (Å²) in [6.45, 7) is 0. The van der Waals surface area contributed by atoms with Gasteiger partial charge in [0.15, 0.2) is 5.82 Å². The van der Waals surface area contributed by atoms with Gasteiger partial charge in [-0.1, -0.05) is 0 Å². The Morgan fingerprint density at radius 1 is 1.40 bits per heavy atom. The Bertz CT molecular complexity index is 530. The van der Waals surface area contributed by atoms with Crippen molar-refractivity contribution in [2.75, 3.05) is 5.43 Å². The van der Waals surface area contributed by atoms with Crippen LogP contribution in [0.4, 0.5) is 14.5 Å². The summed E-state index contributed by atoms with van der Waals surface area (Å²) in [4.78, 5) is 3.76. The molecule has 0 radical (unpaired) electrons. The number of nitrogens with two attached hydrogens (primary N) is 1. The van der Waals surface area contributed by atoms with E-state index in [1.807, 2.05) is 0 Å². The molecule has 0 unspecified atom stereocenters. The number of benzene rings is 1. The molecule has 15 heavy (non-hydrogen) atoms. The number of aromatic nitrogens is 1. The van der Waals surface area contributed by atoms with Crippen LogP contribution in [0.1, 0.15) is 0 Å². The summed E-state index contributed by atoms with van der Waals surface area (Å²) in [6.07, 6.45) is 1.36. The highest BCUT2D eigenvalue weighted by Gasteiger charge is 2.14. The minimum atomic E-state index is -0.602. The summed E-state index contributed by atoms with van der Waals surface area (Å²) < 4.78 is 27.1. The summed E-state index contributed by atoms with van der Waals surface area (Å²) in [5, 5.41) is 0.0341. The molecular formula is C9H6BrF2N3. The van der Waals surface area contributed by atoms with Crippen LogP contribution in [0.15, 0.2) is 22.8 Å². The maximum absolute atomic E-state index is 13.7. The van der Waals surface area contributed by atoms with Crippen molar-refractivity contribution in [2.24, 2.45) is 5.84 Å². The molecule has 1 aromatic carbocycles. The number of nitrogens with one attached hydrogen (secondary N) is 1. The summed E-state index contributed by atoms with van der Waals surface area (Å²) in [6, 6.07) is 2.50. The monoisotopic (exact) mass is 273 g/mol. The van der Waals surface area contributed by atoms with E-state index in [-0.39, 0.29) is 21.1 Å². The molecule has 0 bridgehead atoms. The first-order valence-electron chi connectivity index (χ1n) is 4.04. The van der Waals surface area contributed by atoms with Gasteiger partial charge in [-0.3, -0.25) is 10.8 Å². The lowest BCUT2D eigenvalue weighted by atomic mass is 10.1. The molecule has 3 N–H and O–H groups in total. The average molecular weight is 274 g/mol. The standard InChI is InChI=1S/C9H6BrF2N3/c10-4-3-5(11)9-7(8(4)12)6(15-13)1-2-14-9/h1-3H,13H2,(H,14,15). The van der Waals surface area contributed by atoms with E-state index in [0.717, 1.165) is 6.07 Å². The van der Waals surface area contributed by atoms with Crippen molar-refractivity contribution in [1.29, 1.82) is 0 Å². The zero-order valence-corrected chi connectivity index (χ0v) is 8.98. The number of anilines is 1. The molecular weight excluding hydrogens is 268 g/mol. The number of pyridine rings is 1. The van der Waals surface area contributed by atoms with E-state index in [1.54, 1.807) is 0 Å². The molecule has 6 heteroatoms. The third-order valence-corrected chi connectivity index (χ3v) is 2.59. The molecule has 2 aromatic rings. The van der Waals surface area contributed by atoms with E-state index in [0.29, 0.717) is 0 Å². The molecule has 0 aliphatic heterocycles. The number of hydrogen-bond donors (Lipinski definition) is 2. The van der Waals surface area contributed by atoms with Gasteiger partial charge in [-0.2, -0.15) is 0 Å². The van der Waals surface area contributed by atoms with Gasteiger partial charge in [0.05, 0.1) is 15.5 Å². The fraction of sp³-hybridized carbons (Fsp3) is 0. The van der Waals surface area contributed by atoms with E-state index in [1.165, 1.54) is 12.3 Å². The van der Waals surface area contributed by atoms with Crippen LogP contribution in [0.2, 0.25) is 0 Å². The number of hydrazine groups is 1. The number of halogens is 3. The Kier molecular flexibility index (Phi) is 2.54. The molecule has 0 atom stereocenters. The predicted molar refractivity (Wildman–Crippen MR) is 57.2 cm³/mol. The van der Waals surface area contributed by atoms with Crippen molar-refractivity contribution in [3.05, 3.63) is 34.4 Å². The van der Waals surface area contributed by atoms with Crippen LogP contribution in [0.3, 0.4) is 0 Å². The van der Waals surface area contributed by atoms with Gasteiger partial charge in [-0.15, -0.1) is 0 Å². The van der Waals surface area contributed by atoms with Crippen LogP contribution in [0, 0.1) is 11.6 Å². The molecule has 0 fully saturated rings.